The fourth-order valence-electron chi connectivity index (χ4n) is 3.00. The molecule has 2 heterocycles. The highest BCUT2D eigenvalue weighted by molar-refractivity contribution is 7.21. The smallest absolute Gasteiger partial charge is 0.267 e. The number of fused-ring (bicyclic) bond motifs is 1. The van der Waals surface area contributed by atoms with Crippen LogP contribution in [0.4, 0.5) is 11.4 Å². The van der Waals surface area contributed by atoms with Crippen molar-refractivity contribution in [3.05, 3.63) is 65.5 Å². The molecule has 29 heavy (non-hydrogen) atoms. The lowest BCUT2D eigenvalue weighted by molar-refractivity contribution is 0.103. The van der Waals surface area contributed by atoms with Crippen molar-refractivity contribution in [1.82, 2.24) is 4.98 Å². The van der Waals surface area contributed by atoms with Gasteiger partial charge in [0.15, 0.2) is 0 Å². The fourth-order valence-corrected chi connectivity index (χ4v) is 3.99. The number of rotatable bonds is 5. The van der Waals surface area contributed by atoms with Crippen molar-refractivity contribution in [1.29, 1.82) is 0 Å². The molecule has 0 unspecified atom stereocenters. The number of carbonyl (C=O) groups is 1. The van der Waals surface area contributed by atoms with Crippen LogP contribution in [-0.4, -0.2) is 25.1 Å². The maximum atomic E-state index is 12.8. The lowest BCUT2D eigenvalue weighted by atomic mass is 10.1. The summed E-state index contributed by atoms with van der Waals surface area (Å²) in [5, 5.41) is 3.62. The van der Waals surface area contributed by atoms with Crippen molar-refractivity contribution in [2.45, 2.75) is 0 Å². The van der Waals surface area contributed by atoms with Crippen LogP contribution in [-0.2, 0) is 0 Å². The summed E-state index contributed by atoms with van der Waals surface area (Å²) in [6, 6.07) is 18.6. The summed E-state index contributed by atoms with van der Waals surface area (Å²) in [5.41, 5.74) is 9.03. The fraction of sp³-hybridized carbons (Fsp3) is 0.0909. The number of methoxy groups -OCH3 is 2. The molecule has 0 radical (unpaired) electrons. The number of benzene rings is 2. The van der Waals surface area contributed by atoms with E-state index in [0.29, 0.717) is 26.8 Å². The van der Waals surface area contributed by atoms with Gasteiger partial charge in [-0.05, 0) is 36.4 Å². The summed E-state index contributed by atoms with van der Waals surface area (Å²) in [5.74, 6) is 1.15. The molecule has 0 aliphatic rings. The second-order valence-corrected chi connectivity index (χ2v) is 7.31. The Bertz CT molecular complexity index is 1200. The lowest BCUT2D eigenvalue weighted by Crippen LogP contribution is -2.11. The molecule has 0 saturated heterocycles. The monoisotopic (exact) mass is 405 g/mol. The number of carbonyl (C=O) groups excluding carboxylic acids is 1. The zero-order chi connectivity index (χ0) is 20.4. The summed E-state index contributed by atoms with van der Waals surface area (Å²) in [6.45, 7) is 0. The molecule has 4 rings (SSSR count). The predicted octanol–water partition coefficient (Wildman–Crippen LogP) is 4.82. The third kappa shape index (κ3) is 3.72. The molecule has 1 amide bonds. The number of anilines is 2. The van der Waals surface area contributed by atoms with Gasteiger partial charge >= 0.3 is 0 Å². The van der Waals surface area contributed by atoms with E-state index in [2.05, 4.69) is 5.32 Å². The molecule has 2 aromatic heterocycles. The summed E-state index contributed by atoms with van der Waals surface area (Å²) in [6.07, 6.45) is 0. The van der Waals surface area contributed by atoms with Gasteiger partial charge in [0.05, 0.1) is 25.6 Å². The molecule has 0 aliphatic heterocycles. The molecule has 0 atom stereocenters. The summed E-state index contributed by atoms with van der Waals surface area (Å²) in [4.78, 5) is 18.6. The molecule has 7 heteroatoms. The van der Waals surface area contributed by atoms with Crippen LogP contribution in [0, 0.1) is 0 Å². The van der Waals surface area contributed by atoms with E-state index in [1.807, 2.05) is 48.5 Å². The average Bonchev–Trinajstić information content (AvgIpc) is 3.10. The quantitative estimate of drug-likeness (QED) is 0.497. The molecule has 4 aromatic rings. The minimum absolute atomic E-state index is 0.276. The van der Waals surface area contributed by atoms with E-state index in [-0.39, 0.29) is 5.91 Å². The van der Waals surface area contributed by atoms with Crippen molar-refractivity contribution in [3.63, 3.8) is 0 Å². The first-order valence-corrected chi connectivity index (χ1v) is 9.69. The molecular weight excluding hydrogens is 386 g/mol. The van der Waals surface area contributed by atoms with Crippen LogP contribution in [0.15, 0.2) is 60.7 Å². The maximum absolute atomic E-state index is 12.8. The zero-order valence-electron chi connectivity index (χ0n) is 15.9. The molecule has 0 aliphatic carbocycles. The Labute approximate surface area is 171 Å². The van der Waals surface area contributed by atoms with Crippen molar-refractivity contribution >= 4 is 38.8 Å². The Morgan fingerprint density at radius 3 is 2.48 bits per heavy atom. The van der Waals surface area contributed by atoms with Gasteiger partial charge in [-0.2, -0.15) is 0 Å². The lowest BCUT2D eigenvalue weighted by Gasteiger charge is -2.06. The zero-order valence-corrected chi connectivity index (χ0v) is 16.7. The second kappa shape index (κ2) is 7.81. The van der Waals surface area contributed by atoms with E-state index in [1.54, 1.807) is 26.4 Å². The van der Waals surface area contributed by atoms with Gasteiger partial charge in [0.1, 0.15) is 21.2 Å². The van der Waals surface area contributed by atoms with E-state index in [0.717, 1.165) is 22.4 Å². The highest BCUT2D eigenvalue weighted by Gasteiger charge is 2.18. The first-order chi connectivity index (χ1) is 14.1. The van der Waals surface area contributed by atoms with Crippen LogP contribution in [0.5, 0.6) is 11.5 Å². The Kier molecular flexibility index (Phi) is 5.05. The Hall–Kier alpha value is -3.58. The van der Waals surface area contributed by atoms with Crippen LogP contribution < -0.4 is 20.5 Å². The Balaban J connectivity index is 1.67. The van der Waals surface area contributed by atoms with E-state index in [4.69, 9.17) is 20.2 Å². The van der Waals surface area contributed by atoms with Crippen LogP contribution in [0.1, 0.15) is 9.67 Å². The molecule has 0 bridgehead atoms. The molecule has 146 valence electrons. The van der Waals surface area contributed by atoms with Crippen LogP contribution >= 0.6 is 11.3 Å². The minimum atomic E-state index is -0.276. The summed E-state index contributed by atoms with van der Waals surface area (Å²) >= 11 is 1.27. The van der Waals surface area contributed by atoms with Gasteiger partial charge in [0.2, 0.25) is 0 Å². The van der Waals surface area contributed by atoms with Crippen molar-refractivity contribution in [3.8, 4) is 22.8 Å². The van der Waals surface area contributed by atoms with E-state index in [1.165, 1.54) is 11.3 Å². The number of hydrogen-bond acceptors (Lipinski definition) is 6. The highest BCUT2D eigenvalue weighted by atomic mass is 32.1. The highest BCUT2D eigenvalue weighted by Crippen LogP contribution is 2.35. The standard InChI is InChI=1S/C22H19N3O3S/c1-27-15-7-3-5-13(11-15)18-10-9-17-19(23)20(29-22(17)25-18)21(26)24-14-6-4-8-16(12-14)28-2/h3-12H,23H2,1-2H3,(H,24,26). The van der Waals surface area contributed by atoms with Crippen molar-refractivity contribution in [2.75, 3.05) is 25.3 Å². The number of nitrogens with one attached hydrogen (secondary N) is 1. The maximum Gasteiger partial charge on any atom is 0.267 e. The molecular formula is C22H19N3O3S. The molecule has 0 fully saturated rings. The molecule has 3 N–H and O–H groups in total. The number of pyridine rings is 1. The average molecular weight is 405 g/mol. The van der Waals surface area contributed by atoms with Gasteiger partial charge in [-0.25, -0.2) is 4.98 Å². The normalized spacial score (nSPS) is 10.7. The number of hydrogen-bond donors (Lipinski definition) is 2. The number of ether oxygens (including phenoxy) is 2. The topological polar surface area (TPSA) is 86.5 Å². The third-order valence-corrected chi connectivity index (χ3v) is 5.61. The van der Waals surface area contributed by atoms with Crippen LogP contribution in [0.3, 0.4) is 0 Å². The minimum Gasteiger partial charge on any atom is -0.497 e. The van der Waals surface area contributed by atoms with E-state index in [9.17, 15) is 4.79 Å². The number of nitrogens with two attached hydrogens (primary N) is 1. The van der Waals surface area contributed by atoms with Crippen LogP contribution in [0.2, 0.25) is 0 Å². The van der Waals surface area contributed by atoms with Gasteiger partial charge in [-0.1, -0.05) is 18.2 Å². The van der Waals surface area contributed by atoms with E-state index >= 15 is 0 Å². The van der Waals surface area contributed by atoms with Gasteiger partial charge in [-0.3, -0.25) is 4.79 Å². The number of nitrogen functional groups attached to an aromatic ring is 1. The SMILES string of the molecule is COc1cccc(NC(=O)c2sc3nc(-c4cccc(OC)c4)ccc3c2N)c1. The molecule has 0 saturated carbocycles. The third-order valence-electron chi connectivity index (χ3n) is 4.49. The van der Waals surface area contributed by atoms with Crippen LogP contribution in [0.25, 0.3) is 21.5 Å². The Morgan fingerprint density at radius 2 is 1.72 bits per heavy atom. The molecule has 6 nitrogen and oxygen atoms in total. The van der Waals surface area contributed by atoms with Gasteiger partial charge < -0.3 is 20.5 Å². The largest absolute Gasteiger partial charge is 0.497 e. The first kappa shape index (κ1) is 18.8. The van der Waals surface area contributed by atoms with E-state index < -0.39 is 0 Å². The van der Waals surface area contributed by atoms with Gasteiger partial charge in [0, 0.05) is 22.7 Å². The number of thiophene rings is 1. The summed E-state index contributed by atoms with van der Waals surface area (Å²) in [7, 11) is 3.21. The number of aromatic nitrogens is 1. The summed E-state index contributed by atoms with van der Waals surface area (Å²) < 4.78 is 10.5. The van der Waals surface area contributed by atoms with Gasteiger partial charge in [0.25, 0.3) is 5.91 Å². The first-order valence-electron chi connectivity index (χ1n) is 8.88. The van der Waals surface area contributed by atoms with Gasteiger partial charge in [-0.15, -0.1) is 11.3 Å². The van der Waals surface area contributed by atoms with Crippen molar-refractivity contribution < 1.29 is 14.3 Å². The molecule has 0 spiro atoms. The van der Waals surface area contributed by atoms with Crippen molar-refractivity contribution in [2.24, 2.45) is 0 Å². The predicted molar refractivity (Wildman–Crippen MR) is 117 cm³/mol. The number of amides is 1. The molecule has 2 aromatic carbocycles. The number of nitrogens with zero attached hydrogens (tertiary/aromatic N) is 1. The second-order valence-electron chi connectivity index (χ2n) is 6.31. The Morgan fingerprint density at radius 1 is 1.00 bits per heavy atom.